The summed E-state index contributed by atoms with van der Waals surface area (Å²) in [7, 11) is 0. The summed E-state index contributed by atoms with van der Waals surface area (Å²) in [5, 5.41) is 6.82. The third-order valence-electron chi connectivity index (χ3n) is 2.68. The van der Waals surface area contributed by atoms with Crippen LogP contribution in [0.4, 0.5) is 0 Å². The van der Waals surface area contributed by atoms with E-state index in [4.69, 9.17) is 0 Å². The van der Waals surface area contributed by atoms with Crippen molar-refractivity contribution in [2.45, 2.75) is 40.3 Å². The fraction of sp³-hybridized carbons (Fsp3) is 0.615. The third kappa shape index (κ3) is 4.29. The van der Waals surface area contributed by atoms with E-state index in [0.29, 0.717) is 6.04 Å². The summed E-state index contributed by atoms with van der Waals surface area (Å²) in [5.74, 6) is 0. The fourth-order valence-electron chi connectivity index (χ4n) is 1.62. The van der Waals surface area contributed by atoms with Crippen LogP contribution in [0.2, 0.25) is 0 Å². The topological polar surface area (TPSA) is 37.0 Å². The quantitative estimate of drug-likeness (QED) is 0.769. The van der Waals surface area contributed by atoms with Crippen LogP contribution < -0.4 is 10.6 Å². The fourth-order valence-corrected chi connectivity index (χ4v) is 1.62. The van der Waals surface area contributed by atoms with Gasteiger partial charge in [-0.1, -0.05) is 13.0 Å². The van der Waals surface area contributed by atoms with E-state index in [0.717, 1.165) is 31.0 Å². The van der Waals surface area contributed by atoms with Gasteiger partial charge in [0.05, 0.1) is 0 Å². The molecular weight excluding hydrogens is 198 g/mol. The van der Waals surface area contributed by atoms with E-state index in [1.54, 1.807) is 0 Å². The predicted molar refractivity (Wildman–Crippen MR) is 68.6 cm³/mol. The predicted octanol–water partition coefficient (Wildman–Crippen LogP) is 1.79. The van der Waals surface area contributed by atoms with Crippen LogP contribution in [0.5, 0.6) is 0 Å². The summed E-state index contributed by atoms with van der Waals surface area (Å²) in [4.78, 5) is 4.46. The summed E-state index contributed by atoms with van der Waals surface area (Å²) in [5.41, 5.74) is 3.50. The second-order valence-corrected chi connectivity index (χ2v) is 4.29. The molecule has 3 heteroatoms. The van der Waals surface area contributed by atoms with Gasteiger partial charge in [-0.15, -0.1) is 0 Å². The van der Waals surface area contributed by atoms with Crippen molar-refractivity contribution in [3.63, 3.8) is 0 Å². The highest BCUT2D eigenvalue weighted by molar-refractivity contribution is 5.21. The van der Waals surface area contributed by atoms with E-state index in [-0.39, 0.29) is 0 Å². The van der Waals surface area contributed by atoms with E-state index in [2.05, 4.69) is 48.5 Å². The Morgan fingerprint density at radius 2 is 2.06 bits per heavy atom. The number of nitrogens with zero attached hydrogens (tertiary/aromatic N) is 1. The van der Waals surface area contributed by atoms with Gasteiger partial charge in [0.1, 0.15) is 0 Å². The molecule has 1 unspecified atom stereocenters. The van der Waals surface area contributed by atoms with Crippen LogP contribution in [-0.4, -0.2) is 24.1 Å². The van der Waals surface area contributed by atoms with Gasteiger partial charge in [-0.2, -0.15) is 0 Å². The van der Waals surface area contributed by atoms with Crippen LogP contribution >= 0.6 is 0 Å². The maximum atomic E-state index is 4.46. The van der Waals surface area contributed by atoms with Gasteiger partial charge in [-0.05, 0) is 38.9 Å². The average Bonchev–Trinajstić information content (AvgIpc) is 2.25. The first-order chi connectivity index (χ1) is 7.63. The second-order valence-electron chi connectivity index (χ2n) is 4.29. The van der Waals surface area contributed by atoms with E-state index >= 15 is 0 Å². The zero-order valence-electron chi connectivity index (χ0n) is 10.8. The van der Waals surface area contributed by atoms with Crippen molar-refractivity contribution in [3.05, 3.63) is 29.1 Å². The van der Waals surface area contributed by atoms with Crippen LogP contribution in [0, 0.1) is 13.8 Å². The molecule has 2 N–H and O–H groups in total. The molecule has 0 aromatic carbocycles. The Kier molecular flexibility index (Phi) is 5.43. The molecule has 0 aliphatic rings. The largest absolute Gasteiger partial charge is 0.315 e. The molecule has 3 nitrogen and oxygen atoms in total. The van der Waals surface area contributed by atoms with E-state index in [9.17, 15) is 0 Å². The van der Waals surface area contributed by atoms with Crippen molar-refractivity contribution in [2.75, 3.05) is 13.1 Å². The Bertz CT molecular complexity index is 323. The summed E-state index contributed by atoms with van der Waals surface area (Å²) in [6.07, 6.45) is 0. The lowest BCUT2D eigenvalue weighted by Gasteiger charge is -2.15. The molecule has 16 heavy (non-hydrogen) atoms. The maximum absolute atomic E-state index is 4.46. The lowest BCUT2D eigenvalue weighted by molar-refractivity contribution is 0.507. The summed E-state index contributed by atoms with van der Waals surface area (Å²) in [6.45, 7) is 11.3. The molecule has 1 aromatic rings. The van der Waals surface area contributed by atoms with Gasteiger partial charge in [-0.3, -0.25) is 4.98 Å². The minimum Gasteiger partial charge on any atom is -0.315 e. The van der Waals surface area contributed by atoms with Crippen molar-refractivity contribution >= 4 is 0 Å². The van der Waals surface area contributed by atoms with Crippen molar-refractivity contribution in [3.8, 4) is 0 Å². The lowest BCUT2D eigenvalue weighted by Crippen LogP contribution is -2.35. The molecule has 0 spiro atoms. The number of aryl methyl sites for hydroxylation is 2. The first-order valence-electron chi connectivity index (χ1n) is 6.00. The van der Waals surface area contributed by atoms with Crippen LogP contribution in [0.15, 0.2) is 12.1 Å². The van der Waals surface area contributed by atoms with Gasteiger partial charge in [0.25, 0.3) is 0 Å². The van der Waals surface area contributed by atoms with E-state index < -0.39 is 0 Å². The first kappa shape index (κ1) is 13.1. The number of nitrogens with one attached hydrogen (secondary N) is 2. The number of hydrogen-bond acceptors (Lipinski definition) is 3. The van der Waals surface area contributed by atoms with Crippen LogP contribution in [-0.2, 0) is 6.54 Å². The molecule has 1 rings (SSSR count). The Hall–Kier alpha value is -0.930. The van der Waals surface area contributed by atoms with Crippen LogP contribution in [0.3, 0.4) is 0 Å². The van der Waals surface area contributed by atoms with Gasteiger partial charge in [0, 0.05) is 30.5 Å². The molecule has 0 saturated carbocycles. The molecule has 0 aliphatic carbocycles. The summed E-state index contributed by atoms with van der Waals surface area (Å²) in [6, 6.07) is 4.71. The highest BCUT2D eigenvalue weighted by Crippen LogP contribution is 2.06. The highest BCUT2D eigenvalue weighted by Gasteiger charge is 2.03. The summed E-state index contributed by atoms with van der Waals surface area (Å²) >= 11 is 0. The lowest BCUT2D eigenvalue weighted by atomic mass is 10.2. The van der Waals surface area contributed by atoms with Gasteiger partial charge in [0.15, 0.2) is 0 Å². The molecule has 0 bridgehead atoms. The average molecular weight is 221 g/mol. The van der Waals surface area contributed by atoms with Gasteiger partial charge in [0.2, 0.25) is 0 Å². The van der Waals surface area contributed by atoms with Crippen molar-refractivity contribution in [1.82, 2.24) is 15.6 Å². The van der Waals surface area contributed by atoms with Gasteiger partial charge >= 0.3 is 0 Å². The zero-order valence-corrected chi connectivity index (χ0v) is 10.8. The number of pyridine rings is 1. The smallest absolute Gasteiger partial charge is 0.0420 e. The molecule has 0 radical (unpaired) electrons. The van der Waals surface area contributed by atoms with Crippen LogP contribution in [0.25, 0.3) is 0 Å². The van der Waals surface area contributed by atoms with Crippen molar-refractivity contribution < 1.29 is 0 Å². The molecule has 0 saturated heterocycles. The molecule has 1 aromatic heterocycles. The summed E-state index contributed by atoms with van der Waals surface area (Å²) < 4.78 is 0. The molecule has 0 fully saturated rings. The Morgan fingerprint density at radius 3 is 2.69 bits per heavy atom. The molecule has 1 atom stereocenters. The van der Waals surface area contributed by atoms with Gasteiger partial charge in [-0.25, -0.2) is 0 Å². The number of rotatable bonds is 6. The zero-order chi connectivity index (χ0) is 12.0. The van der Waals surface area contributed by atoms with E-state index in [1.807, 2.05) is 6.92 Å². The monoisotopic (exact) mass is 221 g/mol. The van der Waals surface area contributed by atoms with Crippen LogP contribution in [0.1, 0.15) is 30.8 Å². The highest BCUT2D eigenvalue weighted by atomic mass is 15.0. The van der Waals surface area contributed by atoms with Crippen molar-refractivity contribution in [1.29, 1.82) is 0 Å². The molecule has 0 amide bonds. The Balaban J connectivity index is 2.42. The maximum Gasteiger partial charge on any atom is 0.0420 e. The molecule has 1 heterocycles. The third-order valence-corrected chi connectivity index (χ3v) is 2.68. The first-order valence-corrected chi connectivity index (χ1v) is 6.00. The normalized spacial score (nSPS) is 12.8. The molecule has 0 aliphatic heterocycles. The Morgan fingerprint density at radius 1 is 1.31 bits per heavy atom. The molecular formula is C13H23N3. The second kappa shape index (κ2) is 6.61. The number of aromatic nitrogens is 1. The number of hydrogen-bond donors (Lipinski definition) is 2. The van der Waals surface area contributed by atoms with Crippen molar-refractivity contribution in [2.24, 2.45) is 0 Å². The molecule has 90 valence electrons. The SMILES string of the molecule is CCNCC(C)NCc1ccc(C)nc1C. The number of likely N-dealkylation sites (N-methyl/N-ethyl adjacent to an activating group) is 1. The minimum atomic E-state index is 0.487. The standard InChI is InChI=1S/C13H23N3/c1-5-14-8-11(3)15-9-13-7-6-10(2)16-12(13)4/h6-7,11,14-15H,5,8-9H2,1-4H3. The van der Waals surface area contributed by atoms with Gasteiger partial charge < -0.3 is 10.6 Å². The Labute approximate surface area is 98.7 Å². The minimum absolute atomic E-state index is 0.487. The van der Waals surface area contributed by atoms with E-state index in [1.165, 1.54) is 5.56 Å².